The van der Waals surface area contributed by atoms with Crippen molar-refractivity contribution in [3.63, 3.8) is 0 Å². The summed E-state index contributed by atoms with van der Waals surface area (Å²) in [5, 5.41) is 12.1. The Hall–Kier alpha value is -0.650. The number of nitrogens with one attached hydrogen (secondary N) is 1. The van der Waals surface area contributed by atoms with Gasteiger partial charge in [-0.2, -0.15) is 0 Å². The van der Waals surface area contributed by atoms with E-state index in [1.54, 1.807) is 4.90 Å². The quantitative estimate of drug-likeness (QED) is 0.607. The van der Waals surface area contributed by atoms with E-state index in [-0.39, 0.29) is 24.5 Å². The van der Waals surface area contributed by atoms with Gasteiger partial charge in [0.05, 0.1) is 6.61 Å². The van der Waals surface area contributed by atoms with Crippen molar-refractivity contribution in [3.05, 3.63) is 0 Å². The Bertz CT molecular complexity index is 229. The third kappa shape index (κ3) is 2.48. The zero-order valence-electron chi connectivity index (χ0n) is 8.82. The smallest absolute Gasteiger partial charge is 0.253 e. The van der Waals surface area contributed by atoms with Crippen LogP contribution in [0.5, 0.6) is 0 Å². The second-order valence-corrected chi connectivity index (χ2v) is 4.19. The fourth-order valence-electron chi connectivity index (χ4n) is 2.11. The van der Waals surface area contributed by atoms with E-state index in [0.29, 0.717) is 19.7 Å². The number of hydrogen-bond donors (Lipinski definition) is 2. The van der Waals surface area contributed by atoms with Crippen LogP contribution in [-0.2, 0) is 9.53 Å². The summed E-state index contributed by atoms with van der Waals surface area (Å²) in [7, 11) is 0. The molecule has 2 unspecified atom stereocenters. The molecule has 5 heteroatoms. The summed E-state index contributed by atoms with van der Waals surface area (Å²) in [4.78, 5) is 13.7. The number of carbonyl (C=O) groups excluding carboxylic acids is 1. The molecule has 0 saturated carbocycles. The molecule has 0 bridgehead atoms. The van der Waals surface area contributed by atoms with Crippen molar-refractivity contribution in [3.8, 4) is 0 Å². The monoisotopic (exact) mass is 214 g/mol. The van der Waals surface area contributed by atoms with Crippen LogP contribution in [-0.4, -0.2) is 61.4 Å². The standard InChI is InChI=1S/C10H18N2O3/c13-7-8-1-3-12(6-8)10(14)9-5-11-2-4-15-9/h8-9,11,13H,1-7H2. The molecule has 2 N–H and O–H groups in total. The predicted octanol–water partition coefficient (Wildman–Crippen LogP) is -1.18. The molecule has 86 valence electrons. The molecule has 0 aromatic heterocycles. The molecular weight excluding hydrogens is 196 g/mol. The van der Waals surface area contributed by atoms with Gasteiger partial charge in [0.2, 0.25) is 0 Å². The van der Waals surface area contributed by atoms with Gasteiger partial charge in [0.15, 0.2) is 0 Å². The summed E-state index contributed by atoms with van der Waals surface area (Å²) >= 11 is 0. The van der Waals surface area contributed by atoms with Crippen molar-refractivity contribution in [2.24, 2.45) is 5.92 Å². The SMILES string of the molecule is O=C(C1CNCCO1)N1CCC(CO)C1. The number of rotatable bonds is 2. The highest BCUT2D eigenvalue weighted by atomic mass is 16.5. The van der Waals surface area contributed by atoms with Crippen LogP contribution in [0.25, 0.3) is 0 Å². The van der Waals surface area contributed by atoms with E-state index in [4.69, 9.17) is 9.84 Å². The summed E-state index contributed by atoms with van der Waals surface area (Å²) in [6.45, 7) is 3.64. The molecule has 1 amide bonds. The Morgan fingerprint density at radius 3 is 3.07 bits per heavy atom. The summed E-state index contributed by atoms with van der Waals surface area (Å²) < 4.78 is 5.40. The molecule has 5 nitrogen and oxygen atoms in total. The van der Waals surface area contributed by atoms with Crippen LogP contribution >= 0.6 is 0 Å². The molecule has 2 saturated heterocycles. The highest BCUT2D eigenvalue weighted by Gasteiger charge is 2.31. The number of amides is 1. The van der Waals surface area contributed by atoms with Gasteiger partial charge in [-0.3, -0.25) is 4.79 Å². The van der Waals surface area contributed by atoms with E-state index in [2.05, 4.69) is 5.32 Å². The third-order valence-electron chi connectivity index (χ3n) is 3.06. The lowest BCUT2D eigenvalue weighted by Crippen LogP contribution is -2.48. The van der Waals surface area contributed by atoms with E-state index in [9.17, 15) is 4.79 Å². The average Bonchev–Trinajstić information content (AvgIpc) is 2.78. The van der Waals surface area contributed by atoms with Gasteiger partial charge >= 0.3 is 0 Å². The molecule has 2 atom stereocenters. The Kier molecular flexibility index (Phi) is 3.56. The summed E-state index contributed by atoms with van der Waals surface area (Å²) in [5.41, 5.74) is 0. The molecule has 15 heavy (non-hydrogen) atoms. The lowest BCUT2D eigenvalue weighted by Gasteiger charge is -2.27. The zero-order valence-corrected chi connectivity index (χ0v) is 8.82. The average molecular weight is 214 g/mol. The largest absolute Gasteiger partial charge is 0.396 e. The molecule has 0 aromatic carbocycles. The van der Waals surface area contributed by atoms with Crippen LogP contribution in [0.15, 0.2) is 0 Å². The van der Waals surface area contributed by atoms with Crippen LogP contribution in [0, 0.1) is 5.92 Å². The van der Waals surface area contributed by atoms with Crippen LogP contribution in [0.1, 0.15) is 6.42 Å². The first-order valence-electron chi connectivity index (χ1n) is 5.53. The highest BCUT2D eigenvalue weighted by Crippen LogP contribution is 2.17. The van der Waals surface area contributed by atoms with Gasteiger partial charge in [-0.1, -0.05) is 0 Å². The van der Waals surface area contributed by atoms with E-state index >= 15 is 0 Å². The first kappa shape index (κ1) is 10.9. The van der Waals surface area contributed by atoms with E-state index < -0.39 is 0 Å². The van der Waals surface area contributed by atoms with Crippen molar-refractivity contribution < 1.29 is 14.6 Å². The first-order valence-corrected chi connectivity index (χ1v) is 5.53. The predicted molar refractivity (Wildman–Crippen MR) is 54.4 cm³/mol. The number of nitrogens with zero attached hydrogens (tertiary/aromatic N) is 1. The van der Waals surface area contributed by atoms with E-state index in [1.807, 2.05) is 0 Å². The van der Waals surface area contributed by atoms with Crippen LogP contribution in [0.2, 0.25) is 0 Å². The summed E-state index contributed by atoms with van der Waals surface area (Å²) in [5.74, 6) is 0.323. The minimum Gasteiger partial charge on any atom is -0.396 e. The Balaban J connectivity index is 1.85. The molecule has 0 radical (unpaired) electrons. The van der Waals surface area contributed by atoms with Crippen molar-refractivity contribution in [1.82, 2.24) is 10.2 Å². The fraction of sp³-hybridized carbons (Fsp3) is 0.900. The Morgan fingerprint density at radius 1 is 1.60 bits per heavy atom. The molecule has 2 heterocycles. The lowest BCUT2D eigenvalue weighted by atomic mass is 10.1. The normalized spacial score (nSPS) is 31.9. The summed E-state index contributed by atoms with van der Waals surface area (Å²) in [6, 6.07) is 0. The van der Waals surface area contributed by atoms with Gasteiger partial charge in [-0.25, -0.2) is 0 Å². The number of hydrogen-bond acceptors (Lipinski definition) is 4. The molecule has 0 aliphatic carbocycles. The van der Waals surface area contributed by atoms with Crippen molar-refractivity contribution >= 4 is 5.91 Å². The van der Waals surface area contributed by atoms with Gasteiger partial charge in [-0.15, -0.1) is 0 Å². The molecule has 2 rings (SSSR count). The van der Waals surface area contributed by atoms with Gasteiger partial charge in [0.1, 0.15) is 6.10 Å². The van der Waals surface area contributed by atoms with Crippen molar-refractivity contribution in [2.75, 3.05) is 39.4 Å². The maximum Gasteiger partial charge on any atom is 0.253 e. The number of carbonyl (C=O) groups is 1. The van der Waals surface area contributed by atoms with Gasteiger partial charge < -0.3 is 20.1 Å². The van der Waals surface area contributed by atoms with E-state index in [0.717, 1.165) is 19.5 Å². The van der Waals surface area contributed by atoms with Gasteiger partial charge in [0, 0.05) is 38.7 Å². The minimum absolute atomic E-state index is 0.0677. The second-order valence-electron chi connectivity index (χ2n) is 4.19. The zero-order chi connectivity index (χ0) is 10.7. The lowest BCUT2D eigenvalue weighted by molar-refractivity contribution is -0.144. The minimum atomic E-state index is -0.323. The van der Waals surface area contributed by atoms with Crippen molar-refractivity contribution in [2.45, 2.75) is 12.5 Å². The molecule has 2 aliphatic rings. The molecular formula is C10H18N2O3. The second kappa shape index (κ2) is 4.92. The summed E-state index contributed by atoms with van der Waals surface area (Å²) in [6.07, 6.45) is 0.582. The molecule has 2 aliphatic heterocycles. The Morgan fingerprint density at radius 2 is 2.47 bits per heavy atom. The van der Waals surface area contributed by atoms with Crippen LogP contribution < -0.4 is 5.32 Å². The fourth-order valence-corrected chi connectivity index (χ4v) is 2.11. The first-order chi connectivity index (χ1) is 7.31. The van der Waals surface area contributed by atoms with Crippen LogP contribution in [0.4, 0.5) is 0 Å². The third-order valence-corrected chi connectivity index (χ3v) is 3.06. The number of ether oxygens (including phenoxy) is 1. The molecule has 0 spiro atoms. The van der Waals surface area contributed by atoms with E-state index in [1.165, 1.54) is 0 Å². The maximum absolute atomic E-state index is 11.9. The van der Waals surface area contributed by atoms with Gasteiger partial charge in [0.25, 0.3) is 5.91 Å². The highest BCUT2D eigenvalue weighted by molar-refractivity contribution is 5.81. The number of aliphatic hydroxyl groups excluding tert-OH is 1. The Labute approximate surface area is 89.4 Å². The number of morpholine rings is 1. The number of aliphatic hydroxyl groups is 1. The maximum atomic E-state index is 11.9. The van der Waals surface area contributed by atoms with Gasteiger partial charge in [-0.05, 0) is 6.42 Å². The van der Waals surface area contributed by atoms with Crippen LogP contribution in [0.3, 0.4) is 0 Å². The molecule has 0 aromatic rings. The molecule has 2 fully saturated rings. The topological polar surface area (TPSA) is 61.8 Å². The number of likely N-dealkylation sites (tertiary alicyclic amines) is 1. The van der Waals surface area contributed by atoms with Crippen molar-refractivity contribution in [1.29, 1.82) is 0 Å².